The number of benzene rings is 1. The van der Waals surface area contributed by atoms with Gasteiger partial charge in [-0.2, -0.15) is 5.10 Å². The Balaban J connectivity index is 2.06. The van der Waals surface area contributed by atoms with Gasteiger partial charge in [0.15, 0.2) is 5.82 Å². The number of methoxy groups -OCH3 is 2. The molecule has 0 unspecified atom stereocenters. The highest BCUT2D eigenvalue weighted by atomic mass is 16.5. The number of anilines is 1. The SMILES string of the molecule is COc1cccc(OC)c1-c1cc(N(C=O)[C@@H](CC2CCCCC2)C(=O)O)nn1CC(C)C. The van der Waals surface area contributed by atoms with E-state index in [2.05, 4.69) is 18.9 Å². The lowest BCUT2D eigenvalue weighted by molar-refractivity contribution is -0.140. The number of amides is 1. The molecule has 1 saturated carbocycles. The second-order valence-corrected chi connectivity index (χ2v) is 9.11. The van der Waals surface area contributed by atoms with Gasteiger partial charge >= 0.3 is 5.97 Å². The van der Waals surface area contributed by atoms with Crippen LogP contribution in [0.1, 0.15) is 52.4 Å². The summed E-state index contributed by atoms with van der Waals surface area (Å²) in [7, 11) is 3.18. The molecule has 1 aliphatic carbocycles. The average molecular weight is 458 g/mol. The van der Waals surface area contributed by atoms with Crippen LogP contribution in [0.25, 0.3) is 11.3 Å². The maximum absolute atomic E-state index is 12.2. The smallest absolute Gasteiger partial charge is 0.326 e. The summed E-state index contributed by atoms with van der Waals surface area (Å²) in [5.41, 5.74) is 1.42. The van der Waals surface area contributed by atoms with Crippen molar-refractivity contribution in [1.29, 1.82) is 0 Å². The Kier molecular flexibility index (Phi) is 8.36. The quantitative estimate of drug-likeness (QED) is 0.495. The van der Waals surface area contributed by atoms with Gasteiger partial charge in [-0.1, -0.05) is 52.0 Å². The van der Waals surface area contributed by atoms with E-state index >= 15 is 0 Å². The third kappa shape index (κ3) is 5.67. The second-order valence-electron chi connectivity index (χ2n) is 9.11. The van der Waals surface area contributed by atoms with E-state index in [9.17, 15) is 14.7 Å². The van der Waals surface area contributed by atoms with Crippen LogP contribution in [0.3, 0.4) is 0 Å². The van der Waals surface area contributed by atoms with Crippen molar-refractivity contribution in [1.82, 2.24) is 9.78 Å². The standard InChI is InChI=1S/C25H35N3O5/c1-17(2)15-28-19(24-21(32-3)11-8-12-22(24)33-4)14-23(26-28)27(16-29)20(25(30)31)13-18-9-6-5-7-10-18/h8,11-12,14,16-18,20H,5-7,9-10,13,15H2,1-4H3,(H,30,31)/t20-/m0/s1. The van der Waals surface area contributed by atoms with Crippen molar-refractivity contribution in [2.24, 2.45) is 11.8 Å². The molecular formula is C25H35N3O5. The van der Waals surface area contributed by atoms with E-state index in [1.807, 2.05) is 18.2 Å². The molecule has 1 fully saturated rings. The van der Waals surface area contributed by atoms with Crippen LogP contribution in [-0.2, 0) is 16.1 Å². The first-order chi connectivity index (χ1) is 15.9. The van der Waals surface area contributed by atoms with Gasteiger partial charge in [-0.3, -0.25) is 14.4 Å². The van der Waals surface area contributed by atoms with Crippen molar-refractivity contribution < 1.29 is 24.2 Å². The molecule has 8 heteroatoms. The summed E-state index contributed by atoms with van der Waals surface area (Å²) < 4.78 is 13.0. The largest absolute Gasteiger partial charge is 0.496 e. The Hall–Kier alpha value is -3.03. The molecule has 1 atom stereocenters. The number of carbonyl (C=O) groups is 2. The zero-order valence-electron chi connectivity index (χ0n) is 20.0. The number of hydrogen-bond acceptors (Lipinski definition) is 5. The lowest BCUT2D eigenvalue weighted by atomic mass is 9.84. The molecule has 1 aromatic carbocycles. The van der Waals surface area contributed by atoms with Crippen LogP contribution >= 0.6 is 0 Å². The highest BCUT2D eigenvalue weighted by Crippen LogP contribution is 2.40. The molecule has 1 N–H and O–H groups in total. The first kappa shape index (κ1) is 24.6. The van der Waals surface area contributed by atoms with Gasteiger partial charge in [0.05, 0.1) is 25.5 Å². The summed E-state index contributed by atoms with van der Waals surface area (Å²) in [4.78, 5) is 25.7. The normalized spacial score (nSPS) is 15.3. The van der Waals surface area contributed by atoms with E-state index in [4.69, 9.17) is 9.47 Å². The molecule has 1 aliphatic rings. The number of aromatic nitrogens is 2. The highest BCUT2D eigenvalue weighted by Gasteiger charge is 2.32. The van der Waals surface area contributed by atoms with Gasteiger partial charge in [-0.15, -0.1) is 0 Å². The van der Waals surface area contributed by atoms with E-state index in [0.717, 1.165) is 25.7 Å². The van der Waals surface area contributed by atoms with E-state index in [1.54, 1.807) is 25.0 Å². The zero-order valence-corrected chi connectivity index (χ0v) is 20.0. The first-order valence-electron chi connectivity index (χ1n) is 11.6. The number of carbonyl (C=O) groups excluding carboxylic acids is 1. The van der Waals surface area contributed by atoms with Gasteiger partial charge in [0.1, 0.15) is 17.5 Å². The van der Waals surface area contributed by atoms with Crippen LogP contribution in [0.5, 0.6) is 11.5 Å². The molecule has 180 valence electrons. The maximum Gasteiger partial charge on any atom is 0.326 e. The molecule has 1 aromatic heterocycles. The molecule has 0 spiro atoms. The van der Waals surface area contributed by atoms with E-state index < -0.39 is 12.0 Å². The molecule has 33 heavy (non-hydrogen) atoms. The average Bonchev–Trinajstić information content (AvgIpc) is 3.20. The third-order valence-electron chi connectivity index (χ3n) is 6.27. The number of ether oxygens (including phenoxy) is 2. The van der Waals surface area contributed by atoms with Gasteiger partial charge in [0.2, 0.25) is 6.41 Å². The highest BCUT2D eigenvalue weighted by molar-refractivity contribution is 5.88. The summed E-state index contributed by atoms with van der Waals surface area (Å²) in [5, 5.41) is 14.7. The Labute approximate surface area is 195 Å². The topological polar surface area (TPSA) is 93.9 Å². The van der Waals surface area contributed by atoms with Crippen LogP contribution in [0.15, 0.2) is 24.3 Å². The molecular weight excluding hydrogens is 422 g/mol. The van der Waals surface area contributed by atoms with Crippen LogP contribution in [0.2, 0.25) is 0 Å². The van der Waals surface area contributed by atoms with Gasteiger partial charge in [-0.25, -0.2) is 4.79 Å². The number of hydrogen-bond donors (Lipinski definition) is 1. The minimum Gasteiger partial charge on any atom is -0.496 e. The van der Waals surface area contributed by atoms with E-state index in [-0.39, 0.29) is 5.92 Å². The van der Waals surface area contributed by atoms with Crippen molar-refractivity contribution in [2.45, 2.75) is 65.0 Å². The summed E-state index contributed by atoms with van der Waals surface area (Å²) in [6, 6.07) is 6.32. The van der Waals surface area contributed by atoms with Crippen molar-refractivity contribution in [2.75, 3.05) is 19.1 Å². The predicted octanol–water partition coefficient (Wildman–Crippen LogP) is 4.61. The van der Waals surface area contributed by atoms with E-state index in [1.165, 1.54) is 11.3 Å². The second kappa shape index (κ2) is 11.2. The van der Waals surface area contributed by atoms with Crippen LogP contribution in [0.4, 0.5) is 5.82 Å². The number of nitrogens with zero attached hydrogens (tertiary/aromatic N) is 3. The monoisotopic (exact) mass is 457 g/mol. The molecule has 8 nitrogen and oxygen atoms in total. The fourth-order valence-corrected chi connectivity index (χ4v) is 4.68. The van der Waals surface area contributed by atoms with Gasteiger partial charge in [0.25, 0.3) is 0 Å². The summed E-state index contributed by atoms with van der Waals surface area (Å²) in [6.07, 6.45) is 6.43. The van der Waals surface area contributed by atoms with Crippen LogP contribution < -0.4 is 14.4 Å². The summed E-state index contributed by atoms with van der Waals surface area (Å²) in [6.45, 7) is 4.74. The minimum absolute atomic E-state index is 0.277. The van der Waals surface area contributed by atoms with Gasteiger partial charge in [0, 0.05) is 12.6 Å². The van der Waals surface area contributed by atoms with Gasteiger partial charge < -0.3 is 14.6 Å². The lowest BCUT2D eigenvalue weighted by Gasteiger charge is -2.29. The Morgan fingerprint density at radius 2 is 1.85 bits per heavy atom. The van der Waals surface area contributed by atoms with Gasteiger partial charge in [-0.05, 0) is 30.4 Å². The fourth-order valence-electron chi connectivity index (χ4n) is 4.68. The van der Waals surface area contributed by atoms with Crippen molar-refractivity contribution in [3.8, 4) is 22.8 Å². The van der Waals surface area contributed by atoms with Crippen molar-refractivity contribution in [3.63, 3.8) is 0 Å². The first-order valence-corrected chi connectivity index (χ1v) is 11.6. The molecule has 3 rings (SSSR count). The molecule has 2 aromatic rings. The third-order valence-corrected chi connectivity index (χ3v) is 6.27. The zero-order chi connectivity index (χ0) is 24.0. The summed E-state index contributed by atoms with van der Waals surface area (Å²) in [5.74, 6) is 1.11. The Morgan fingerprint density at radius 3 is 2.36 bits per heavy atom. The molecule has 0 bridgehead atoms. The van der Waals surface area contributed by atoms with Crippen LogP contribution in [-0.4, -0.2) is 47.5 Å². The van der Waals surface area contributed by atoms with Crippen molar-refractivity contribution >= 4 is 18.2 Å². The maximum atomic E-state index is 12.2. The molecule has 0 aliphatic heterocycles. The molecule has 1 heterocycles. The van der Waals surface area contributed by atoms with Crippen molar-refractivity contribution in [3.05, 3.63) is 24.3 Å². The summed E-state index contributed by atoms with van der Waals surface area (Å²) >= 11 is 0. The fraction of sp³-hybridized carbons (Fsp3) is 0.560. The molecule has 1 amide bonds. The molecule has 0 radical (unpaired) electrons. The number of carboxylic acid groups (broad SMARTS) is 1. The Morgan fingerprint density at radius 1 is 1.21 bits per heavy atom. The predicted molar refractivity (Wildman–Crippen MR) is 127 cm³/mol. The Bertz CT molecular complexity index is 927. The number of aliphatic carboxylic acids is 1. The minimum atomic E-state index is -1.01. The number of carboxylic acids is 1. The van der Waals surface area contributed by atoms with Crippen LogP contribution in [0, 0.1) is 11.8 Å². The molecule has 0 saturated heterocycles. The van der Waals surface area contributed by atoms with E-state index in [0.29, 0.717) is 53.9 Å². The lowest BCUT2D eigenvalue weighted by Crippen LogP contribution is -2.42. The number of rotatable bonds is 11.